The molecule has 2 rings (SSSR count). The molecule has 5 nitrogen and oxygen atoms in total. The van der Waals surface area contributed by atoms with Crippen molar-refractivity contribution >= 4 is 23.2 Å². The van der Waals surface area contributed by atoms with E-state index in [9.17, 15) is 4.79 Å². The Balaban J connectivity index is 2.17. The number of hydrogen-bond donors (Lipinski definition) is 1. The van der Waals surface area contributed by atoms with Crippen molar-refractivity contribution in [3.05, 3.63) is 23.0 Å². The van der Waals surface area contributed by atoms with E-state index in [2.05, 4.69) is 16.9 Å². The first-order valence-electron chi connectivity index (χ1n) is 5.97. The Hall–Kier alpha value is -1.33. The summed E-state index contributed by atoms with van der Waals surface area (Å²) in [5.74, 6) is -0.0879. The molecule has 1 aliphatic heterocycles. The third-order valence-electron chi connectivity index (χ3n) is 3.10. The van der Waals surface area contributed by atoms with Crippen molar-refractivity contribution in [3.8, 4) is 0 Å². The number of pyridine rings is 1. The minimum atomic E-state index is -0.0879. The predicted molar refractivity (Wildman–Crippen MR) is 71.7 cm³/mol. The lowest BCUT2D eigenvalue weighted by atomic mass is 10.2. The van der Waals surface area contributed by atoms with E-state index in [-0.39, 0.29) is 11.1 Å². The monoisotopic (exact) mass is 268 g/mol. The van der Waals surface area contributed by atoms with Crippen LogP contribution in [-0.2, 0) is 0 Å². The third-order valence-corrected chi connectivity index (χ3v) is 3.40. The van der Waals surface area contributed by atoms with E-state index in [4.69, 9.17) is 17.3 Å². The van der Waals surface area contributed by atoms with Crippen molar-refractivity contribution < 1.29 is 4.79 Å². The van der Waals surface area contributed by atoms with Gasteiger partial charge in [0.15, 0.2) is 0 Å². The summed E-state index contributed by atoms with van der Waals surface area (Å²) < 4.78 is 0. The van der Waals surface area contributed by atoms with Crippen molar-refractivity contribution in [1.29, 1.82) is 0 Å². The maximum atomic E-state index is 12.4. The lowest BCUT2D eigenvalue weighted by molar-refractivity contribution is 0.0762. The summed E-state index contributed by atoms with van der Waals surface area (Å²) in [5, 5.41) is 0.215. The minimum absolute atomic E-state index is 0.0879. The van der Waals surface area contributed by atoms with E-state index in [0.29, 0.717) is 17.8 Å². The molecule has 0 bridgehead atoms. The highest BCUT2D eigenvalue weighted by Crippen LogP contribution is 2.18. The average molecular weight is 269 g/mol. The molecule has 0 aromatic carbocycles. The van der Waals surface area contributed by atoms with E-state index >= 15 is 0 Å². The van der Waals surface area contributed by atoms with Gasteiger partial charge in [0.2, 0.25) is 0 Å². The maximum Gasteiger partial charge on any atom is 0.257 e. The molecule has 1 aromatic rings. The molecule has 0 saturated carbocycles. The highest BCUT2D eigenvalue weighted by Gasteiger charge is 2.21. The molecule has 0 spiro atoms. The molecule has 1 amide bonds. The first-order valence-corrected chi connectivity index (χ1v) is 6.34. The van der Waals surface area contributed by atoms with Gasteiger partial charge in [-0.05, 0) is 26.1 Å². The van der Waals surface area contributed by atoms with Crippen LogP contribution in [-0.4, -0.2) is 53.9 Å². The lowest BCUT2D eigenvalue weighted by Gasteiger charge is -2.21. The molecule has 1 saturated heterocycles. The standard InChI is InChI=1S/C12H17ClN4O/c1-16-3-2-4-17(6-5-16)12(18)10-7-9(14)8-15-11(10)13/h7-8H,2-6,14H2,1H3. The Bertz CT molecular complexity index is 452. The Morgan fingerprint density at radius 1 is 1.39 bits per heavy atom. The quantitative estimate of drug-likeness (QED) is 0.775. The summed E-state index contributed by atoms with van der Waals surface area (Å²) in [6.45, 7) is 3.33. The van der Waals surface area contributed by atoms with Gasteiger partial charge < -0.3 is 15.5 Å². The SMILES string of the molecule is CN1CCCN(C(=O)c2cc(N)cnc2Cl)CC1. The van der Waals surface area contributed by atoms with Crippen molar-refractivity contribution in [3.63, 3.8) is 0 Å². The number of nitrogens with two attached hydrogens (primary N) is 1. The fourth-order valence-electron chi connectivity index (χ4n) is 2.03. The summed E-state index contributed by atoms with van der Waals surface area (Å²) in [6.07, 6.45) is 2.42. The molecule has 6 heteroatoms. The fraction of sp³-hybridized carbons (Fsp3) is 0.500. The van der Waals surface area contributed by atoms with Gasteiger partial charge >= 0.3 is 0 Å². The van der Waals surface area contributed by atoms with E-state index in [1.807, 2.05) is 4.90 Å². The number of likely N-dealkylation sites (N-methyl/N-ethyl adjacent to an activating group) is 1. The number of amides is 1. The second kappa shape index (κ2) is 5.54. The zero-order valence-corrected chi connectivity index (χ0v) is 11.2. The molecule has 0 unspecified atom stereocenters. The number of carbonyl (C=O) groups is 1. The van der Waals surface area contributed by atoms with Gasteiger partial charge in [0.1, 0.15) is 5.15 Å². The van der Waals surface area contributed by atoms with Gasteiger partial charge in [-0.25, -0.2) is 4.98 Å². The van der Waals surface area contributed by atoms with Gasteiger partial charge in [-0.2, -0.15) is 0 Å². The third kappa shape index (κ3) is 2.91. The largest absolute Gasteiger partial charge is 0.397 e. The van der Waals surface area contributed by atoms with Crippen LogP contribution in [0, 0.1) is 0 Å². The molecule has 0 radical (unpaired) electrons. The first kappa shape index (κ1) is 13.1. The Morgan fingerprint density at radius 2 is 2.17 bits per heavy atom. The molecule has 98 valence electrons. The smallest absolute Gasteiger partial charge is 0.257 e. The topological polar surface area (TPSA) is 62.5 Å². The molecule has 1 aliphatic rings. The van der Waals surface area contributed by atoms with Crippen molar-refractivity contribution in [2.75, 3.05) is 39.0 Å². The van der Waals surface area contributed by atoms with Gasteiger partial charge in [-0.3, -0.25) is 4.79 Å². The number of hydrogen-bond acceptors (Lipinski definition) is 4. The van der Waals surface area contributed by atoms with Crippen LogP contribution in [0.25, 0.3) is 0 Å². The van der Waals surface area contributed by atoms with Crippen LogP contribution in [0.4, 0.5) is 5.69 Å². The zero-order chi connectivity index (χ0) is 13.1. The molecule has 2 N–H and O–H groups in total. The normalized spacial score (nSPS) is 17.6. The summed E-state index contributed by atoms with van der Waals surface area (Å²) in [7, 11) is 2.06. The summed E-state index contributed by atoms with van der Waals surface area (Å²) >= 11 is 5.96. The number of anilines is 1. The van der Waals surface area contributed by atoms with Gasteiger partial charge in [0, 0.05) is 19.6 Å². The van der Waals surface area contributed by atoms with Crippen molar-refractivity contribution in [1.82, 2.24) is 14.8 Å². The molecular formula is C12H17ClN4O. The zero-order valence-electron chi connectivity index (χ0n) is 10.4. The van der Waals surface area contributed by atoms with Gasteiger partial charge in [0.25, 0.3) is 5.91 Å². The molecule has 0 atom stereocenters. The molecule has 0 aliphatic carbocycles. The molecular weight excluding hydrogens is 252 g/mol. The van der Waals surface area contributed by atoms with Crippen LogP contribution in [0.15, 0.2) is 12.3 Å². The van der Waals surface area contributed by atoms with Crippen LogP contribution >= 0.6 is 11.6 Å². The van der Waals surface area contributed by atoms with Crippen molar-refractivity contribution in [2.24, 2.45) is 0 Å². The Morgan fingerprint density at radius 3 is 2.94 bits per heavy atom. The van der Waals surface area contributed by atoms with Crippen LogP contribution in [0.5, 0.6) is 0 Å². The van der Waals surface area contributed by atoms with Gasteiger partial charge in [-0.15, -0.1) is 0 Å². The molecule has 1 aromatic heterocycles. The number of aromatic nitrogens is 1. The summed E-state index contributed by atoms with van der Waals surface area (Å²) in [5.41, 5.74) is 6.49. The van der Waals surface area contributed by atoms with Gasteiger partial charge in [-0.1, -0.05) is 11.6 Å². The second-order valence-electron chi connectivity index (χ2n) is 4.56. The van der Waals surface area contributed by atoms with Crippen LogP contribution < -0.4 is 5.73 Å². The maximum absolute atomic E-state index is 12.4. The summed E-state index contributed by atoms with van der Waals surface area (Å²) in [4.78, 5) is 20.3. The van der Waals surface area contributed by atoms with E-state index < -0.39 is 0 Å². The van der Waals surface area contributed by atoms with E-state index in [1.54, 1.807) is 6.07 Å². The highest BCUT2D eigenvalue weighted by atomic mass is 35.5. The summed E-state index contributed by atoms with van der Waals surface area (Å²) in [6, 6.07) is 1.59. The highest BCUT2D eigenvalue weighted by molar-refractivity contribution is 6.32. The average Bonchev–Trinajstić information content (AvgIpc) is 2.56. The van der Waals surface area contributed by atoms with E-state index in [0.717, 1.165) is 26.1 Å². The number of nitrogen functional groups attached to an aromatic ring is 1. The first-order chi connectivity index (χ1) is 8.58. The lowest BCUT2D eigenvalue weighted by Crippen LogP contribution is -2.34. The molecule has 18 heavy (non-hydrogen) atoms. The van der Waals surface area contributed by atoms with E-state index in [1.165, 1.54) is 6.20 Å². The van der Waals surface area contributed by atoms with Gasteiger partial charge in [0.05, 0.1) is 17.4 Å². The Labute approximate surface area is 112 Å². The van der Waals surface area contributed by atoms with Crippen molar-refractivity contribution in [2.45, 2.75) is 6.42 Å². The molecule has 2 heterocycles. The molecule has 1 fully saturated rings. The second-order valence-corrected chi connectivity index (χ2v) is 4.91. The van der Waals surface area contributed by atoms with Crippen LogP contribution in [0.3, 0.4) is 0 Å². The van der Waals surface area contributed by atoms with Crippen LogP contribution in [0.1, 0.15) is 16.8 Å². The number of halogens is 1. The Kier molecular flexibility index (Phi) is 4.04. The number of nitrogens with zero attached hydrogens (tertiary/aromatic N) is 3. The van der Waals surface area contributed by atoms with Crippen LogP contribution in [0.2, 0.25) is 5.15 Å². The predicted octanol–water partition coefficient (Wildman–Crippen LogP) is 1.09. The number of rotatable bonds is 1. The fourth-order valence-corrected chi connectivity index (χ4v) is 2.22. The number of carbonyl (C=O) groups excluding carboxylic acids is 1. The minimum Gasteiger partial charge on any atom is -0.397 e.